The summed E-state index contributed by atoms with van der Waals surface area (Å²) in [4.78, 5) is 0. The van der Waals surface area contributed by atoms with E-state index in [4.69, 9.17) is 5.11 Å². The van der Waals surface area contributed by atoms with Crippen molar-refractivity contribution in [3.63, 3.8) is 0 Å². The highest BCUT2D eigenvalue weighted by Gasteiger charge is 2.08. The van der Waals surface area contributed by atoms with E-state index in [0.717, 1.165) is 12.3 Å². The molecular formula is C34H70O. The van der Waals surface area contributed by atoms with Gasteiger partial charge >= 0.3 is 0 Å². The van der Waals surface area contributed by atoms with Gasteiger partial charge < -0.3 is 5.11 Å². The van der Waals surface area contributed by atoms with Crippen molar-refractivity contribution < 1.29 is 5.11 Å². The second kappa shape index (κ2) is 32.0. The highest BCUT2D eigenvalue weighted by molar-refractivity contribution is 4.62. The minimum Gasteiger partial charge on any atom is -0.396 e. The topological polar surface area (TPSA) is 20.2 Å². The Morgan fingerprint density at radius 1 is 0.314 bits per heavy atom. The van der Waals surface area contributed by atoms with E-state index in [-0.39, 0.29) is 0 Å². The van der Waals surface area contributed by atoms with Gasteiger partial charge in [0.25, 0.3) is 0 Å². The molecule has 35 heavy (non-hydrogen) atoms. The largest absolute Gasteiger partial charge is 0.396 e. The Morgan fingerprint density at radius 3 is 0.829 bits per heavy atom. The van der Waals surface area contributed by atoms with Crippen molar-refractivity contribution >= 4 is 0 Å². The number of hydrogen-bond donors (Lipinski definition) is 1. The van der Waals surface area contributed by atoms with E-state index < -0.39 is 0 Å². The molecule has 1 heteroatoms. The van der Waals surface area contributed by atoms with Gasteiger partial charge in [0, 0.05) is 6.61 Å². The van der Waals surface area contributed by atoms with Crippen molar-refractivity contribution in [3.8, 4) is 0 Å². The zero-order valence-corrected chi connectivity index (χ0v) is 24.9. The maximum absolute atomic E-state index is 8.85. The molecule has 0 amide bonds. The Hall–Kier alpha value is -0.0400. The zero-order chi connectivity index (χ0) is 25.5. The number of aliphatic hydroxyl groups excluding tert-OH is 1. The predicted molar refractivity (Wildman–Crippen MR) is 160 cm³/mol. The second-order valence-corrected chi connectivity index (χ2v) is 11.8. The van der Waals surface area contributed by atoms with Gasteiger partial charge in [0.1, 0.15) is 0 Å². The summed E-state index contributed by atoms with van der Waals surface area (Å²) in [6, 6.07) is 0. The third-order valence-corrected chi connectivity index (χ3v) is 8.20. The first-order chi connectivity index (χ1) is 17.3. The maximum Gasteiger partial charge on any atom is 0.0431 e. The number of unbranched alkanes of at least 4 members (excludes halogenated alkanes) is 24. The summed E-state index contributed by atoms with van der Waals surface area (Å²) >= 11 is 0. The van der Waals surface area contributed by atoms with Gasteiger partial charge in [0.05, 0.1) is 0 Å². The van der Waals surface area contributed by atoms with Crippen LogP contribution in [0, 0.1) is 5.92 Å². The number of rotatable bonds is 31. The quantitative estimate of drug-likeness (QED) is 0.0950. The van der Waals surface area contributed by atoms with Crippen LogP contribution in [0.5, 0.6) is 0 Å². The molecule has 0 rings (SSSR count). The Balaban J connectivity index is 3.63. The van der Waals surface area contributed by atoms with Crippen LogP contribution in [0.25, 0.3) is 0 Å². The van der Waals surface area contributed by atoms with E-state index in [9.17, 15) is 0 Å². The van der Waals surface area contributed by atoms with Crippen LogP contribution in [0.2, 0.25) is 0 Å². The molecule has 0 aliphatic carbocycles. The molecule has 0 heterocycles. The minimum atomic E-state index is 0.374. The van der Waals surface area contributed by atoms with Gasteiger partial charge in [-0.3, -0.25) is 0 Å². The summed E-state index contributed by atoms with van der Waals surface area (Å²) in [7, 11) is 0. The lowest BCUT2D eigenvalue weighted by Gasteiger charge is -2.17. The molecule has 0 radical (unpaired) electrons. The van der Waals surface area contributed by atoms with Gasteiger partial charge in [-0.1, -0.05) is 200 Å². The molecule has 0 saturated carbocycles. The third kappa shape index (κ3) is 30.1. The lowest BCUT2D eigenvalue weighted by molar-refractivity contribution is 0.282. The van der Waals surface area contributed by atoms with Crippen LogP contribution in [0.3, 0.4) is 0 Å². The fourth-order valence-electron chi connectivity index (χ4n) is 5.70. The molecular weight excluding hydrogens is 424 g/mol. The maximum atomic E-state index is 8.85. The van der Waals surface area contributed by atoms with Gasteiger partial charge in [0.2, 0.25) is 0 Å². The molecule has 0 bridgehead atoms. The predicted octanol–water partition coefficient (Wildman–Crippen LogP) is 12.3. The average molecular weight is 495 g/mol. The van der Waals surface area contributed by atoms with Gasteiger partial charge in [-0.25, -0.2) is 0 Å². The van der Waals surface area contributed by atoms with E-state index in [0.29, 0.717) is 6.61 Å². The van der Waals surface area contributed by atoms with E-state index in [2.05, 4.69) is 13.8 Å². The number of hydrogen-bond acceptors (Lipinski definition) is 1. The molecule has 212 valence electrons. The highest BCUT2D eigenvalue weighted by atomic mass is 16.2. The van der Waals surface area contributed by atoms with Crippen LogP contribution in [0.4, 0.5) is 0 Å². The highest BCUT2D eigenvalue weighted by Crippen LogP contribution is 2.25. The smallest absolute Gasteiger partial charge is 0.0431 e. The zero-order valence-electron chi connectivity index (χ0n) is 24.9. The van der Waals surface area contributed by atoms with Crippen LogP contribution in [0.1, 0.15) is 206 Å². The summed E-state index contributed by atoms with van der Waals surface area (Å²) in [5, 5.41) is 8.85. The lowest BCUT2D eigenvalue weighted by Crippen LogP contribution is -2.01. The molecule has 0 aliphatic heterocycles. The molecule has 0 spiro atoms. The van der Waals surface area contributed by atoms with E-state index >= 15 is 0 Å². The molecule has 0 aromatic heterocycles. The van der Waals surface area contributed by atoms with Crippen molar-refractivity contribution in [2.45, 2.75) is 206 Å². The summed E-state index contributed by atoms with van der Waals surface area (Å²) in [5.74, 6) is 1.02. The molecule has 1 atom stereocenters. The van der Waals surface area contributed by atoms with Crippen LogP contribution < -0.4 is 0 Å². The Morgan fingerprint density at radius 2 is 0.543 bits per heavy atom. The molecule has 0 fully saturated rings. The molecule has 0 saturated heterocycles. The Labute approximate surface area is 224 Å². The molecule has 1 N–H and O–H groups in total. The second-order valence-electron chi connectivity index (χ2n) is 11.8. The number of aliphatic hydroxyl groups is 1. The van der Waals surface area contributed by atoms with Crippen molar-refractivity contribution in [3.05, 3.63) is 0 Å². The average Bonchev–Trinajstić information content (AvgIpc) is 2.87. The van der Waals surface area contributed by atoms with Gasteiger partial charge in [0.15, 0.2) is 0 Å². The Bertz CT molecular complexity index is 352. The summed E-state index contributed by atoms with van der Waals surface area (Å²) in [5.41, 5.74) is 0. The van der Waals surface area contributed by atoms with Crippen molar-refractivity contribution in [1.29, 1.82) is 0 Å². The summed E-state index contributed by atoms with van der Waals surface area (Å²) < 4.78 is 0. The normalized spacial score (nSPS) is 12.4. The molecule has 0 aliphatic rings. The van der Waals surface area contributed by atoms with Gasteiger partial charge in [-0.2, -0.15) is 0 Å². The molecule has 1 unspecified atom stereocenters. The molecule has 1 nitrogen and oxygen atoms in total. The van der Waals surface area contributed by atoms with Crippen molar-refractivity contribution in [2.24, 2.45) is 5.92 Å². The SMILES string of the molecule is CCCCCCCCCCCCCCCCC(CCCCCC)CCCCCCCCCCCO. The van der Waals surface area contributed by atoms with Crippen molar-refractivity contribution in [2.75, 3.05) is 6.61 Å². The van der Waals surface area contributed by atoms with Crippen molar-refractivity contribution in [1.82, 2.24) is 0 Å². The van der Waals surface area contributed by atoms with Gasteiger partial charge in [-0.15, -0.1) is 0 Å². The third-order valence-electron chi connectivity index (χ3n) is 8.20. The van der Waals surface area contributed by atoms with E-state index in [1.807, 2.05) is 0 Å². The first kappa shape index (κ1) is 35.0. The standard InChI is InChI=1S/C34H70O/c1-3-5-7-9-10-11-12-13-14-15-17-20-23-27-31-34(30-26-8-6-4-2)32-28-24-21-18-16-19-22-25-29-33-35/h34-35H,3-33H2,1-2H3. The Kier molecular flexibility index (Phi) is 32.0. The minimum absolute atomic E-state index is 0.374. The summed E-state index contributed by atoms with van der Waals surface area (Å²) in [6.45, 7) is 5.01. The van der Waals surface area contributed by atoms with Crippen LogP contribution in [-0.2, 0) is 0 Å². The molecule has 0 aromatic carbocycles. The van der Waals surface area contributed by atoms with Crippen LogP contribution >= 0.6 is 0 Å². The van der Waals surface area contributed by atoms with Gasteiger partial charge in [-0.05, 0) is 12.3 Å². The van der Waals surface area contributed by atoms with Crippen LogP contribution in [0.15, 0.2) is 0 Å². The van der Waals surface area contributed by atoms with E-state index in [1.165, 1.54) is 186 Å². The monoisotopic (exact) mass is 495 g/mol. The molecule has 0 aromatic rings. The van der Waals surface area contributed by atoms with Crippen LogP contribution in [-0.4, -0.2) is 11.7 Å². The first-order valence-electron chi connectivity index (χ1n) is 17.0. The fraction of sp³-hybridized carbons (Fsp3) is 1.00. The summed E-state index contributed by atoms with van der Waals surface area (Å²) in [6.07, 6.45) is 43.0. The lowest BCUT2D eigenvalue weighted by atomic mass is 9.89. The van der Waals surface area contributed by atoms with E-state index in [1.54, 1.807) is 0 Å². The fourth-order valence-corrected chi connectivity index (χ4v) is 5.70. The first-order valence-corrected chi connectivity index (χ1v) is 17.0.